The van der Waals surface area contributed by atoms with Crippen LogP contribution in [-0.4, -0.2) is 15.0 Å². The molecule has 3 heterocycles. The van der Waals surface area contributed by atoms with Gasteiger partial charge in [-0.25, -0.2) is 4.98 Å². The highest BCUT2D eigenvalue weighted by atomic mass is 15.0. The van der Waals surface area contributed by atoms with Gasteiger partial charge in [-0.15, -0.1) is 0 Å². The van der Waals surface area contributed by atoms with Crippen LogP contribution in [0.15, 0.2) is 24.7 Å². The van der Waals surface area contributed by atoms with Crippen LogP contribution in [-0.2, 0) is 6.54 Å². The van der Waals surface area contributed by atoms with Crippen molar-refractivity contribution in [1.82, 2.24) is 15.0 Å². The lowest BCUT2D eigenvalue weighted by atomic mass is 10.1. The van der Waals surface area contributed by atoms with Crippen LogP contribution in [0.1, 0.15) is 5.69 Å². The van der Waals surface area contributed by atoms with E-state index in [9.17, 15) is 0 Å². The molecule has 0 aliphatic carbocycles. The zero-order chi connectivity index (χ0) is 8.67. The van der Waals surface area contributed by atoms with E-state index in [0.29, 0.717) is 0 Å². The van der Waals surface area contributed by atoms with Gasteiger partial charge in [0.15, 0.2) is 0 Å². The maximum atomic E-state index is 4.29. The maximum Gasteiger partial charge on any atom is 0.114 e. The molecule has 0 bridgehead atoms. The lowest BCUT2D eigenvalue weighted by molar-refractivity contribution is 1.05. The predicted octanol–water partition coefficient (Wildman–Crippen LogP) is 1.40. The molecule has 2 N–H and O–H groups in total. The van der Waals surface area contributed by atoms with E-state index in [-0.39, 0.29) is 0 Å². The summed E-state index contributed by atoms with van der Waals surface area (Å²) < 4.78 is 0. The topological polar surface area (TPSA) is 53.6 Å². The molecule has 0 unspecified atom stereocenters. The minimum absolute atomic E-state index is 0.800. The van der Waals surface area contributed by atoms with Crippen molar-refractivity contribution in [2.24, 2.45) is 0 Å². The average Bonchev–Trinajstić information content (AvgIpc) is 2.65. The highest BCUT2D eigenvalue weighted by Crippen LogP contribution is 2.30. The monoisotopic (exact) mass is 172 g/mol. The van der Waals surface area contributed by atoms with E-state index in [4.69, 9.17) is 0 Å². The summed E-state index contributed by atoms with van der Waals surface area (Å²) in [6.07, 6.45) is 3.49. The number of pyridine rings is 1. The fourth-order valence-electron chi connectivity index (χ4n) is 1.58. The lowest BCUT2D eigenvalue weighted by Crippen LogP contribution is -2.09. The van der Waals surface area contributed by atoms with Crippen LogP contribution < -0.4 is 5.32 Å². The number of aromatic nitrogens is 3. The van der Waals surface area contributed by atoms with Gasteiger partial charge in [0.05, 0.1) is 24.3 Å². The zero-order valence-electron chi connectivity index (χ0n) is 6.91. The Morgan fingerprint density at radius 1 is 1.23 bits per heavy atom. The van der Waals surface area contributed by atoms with Crippen molar-refractivity contribution in [3.8, 4) is 11.4 Å². The molecule has 0 radical (unpaired) electrons. The third kappa shape index (κ3) is 0.853. The van der Waals surface area contributed by atoms with Gasteiger partial charge < -0.3 is 10.3 Å². The summed E-state index contributed by atoms with van der Waals surface area (Å²) >= 11 is 0. The van der Waals surface area contributed by atoms with Gasteiger partial charge in [-0.2, -0.15) is 0 Å². The first-order valence-electron chi connectivity index (χ1n) is 4.16. The fourth-order valence-corrected chi connectivity index (χ4v) is 1.58. The molecular weight excluding hydrogens is 164 g/mol. The van der Waals surface area contributed by atoms with Gasteiger partial charge in [-0.05, 0) is 12.1 Å². The molecule has 1 aliphatic rings. The molecule has 4 nitrogen and oxygen atoms in total. The van der Waals surface area contributed by atoms with Crippen LogP contribution in [0, 0.1) is 0 Å². The molecule has 3 rings (SSSR count). The van der Waals surface area contributed by atoms with Crippen molar-refractivity contribution in [3.63, 3.8) is 0 Å². The van der Waals surface area contributed by atoms with Gasteiger partial charge in [0.1, 0.15) is 11.4 Å². The quantitative estimate of drug-likeness (QED) is 0.631. The lowest BCUT2D eigenvalue weighted by Gasteiger charge is -2.15. The number of aromatic amines is 1. The molecule has 0 saturated heterocycles. The van der Waals surface area contributed by atoms with Gasteiger partial charge in [-0.1, -0.05) is 0 Å². The van der Waals surface area contributed by atoms with Gasteiger partial charge in [0, 0.05) is 6.20 Å². The molecule has 1 aliphatic heterocycles. The number of fused-ring (bicyclic) bond motifs is 3. The molecule has 64 valence electrons. The standard InChI is InChI=1S/C9H8N4/c1-2-6-8(10-3-1)9-7(4-11-6)12-5-13-9/h1-3,5,11H,4H2,(H,12,13). The summed E-state index contributed by atoms with van der Waals surface area (Å²) in [5.41, 5.74) is 4.06. The third-order valence-electron chi connectivity index (χ3n) is 2.21. The zero-order valence-corrected chi connectivity index (χ0v) is 6.91. The maximum absolute atomic E-state index is 4.29. The normalized spacial score (nSPS) is 12.9. The van der Waals surface area contributed by atoms with Crippen molar-refractivity contribution in [2.45, 2.75) is 6.54 Å². The van der Waals surface area contributed by atoms with Crippen LogP contribution in [0.5, 0.6) is 0 Å². The molecule has 2 aromatic rings. The number of nitrogens with zero attached hydrogens (tertiary/aromatic N) is 2. The summed E-state index contributed by atoms with van der Waals surface area (Å²) in [5.74, 6) is 0. The van der Waals surface area contributed by atoms with E-state index in [2.05, 4.69) is 20.3 Å². The summed E-state index contributed by atoms with van der Waals surface area (Å²) in [6.45, 7) is 0.800. The number of rotatable bonds is 0. The van der Waals surface area contributed by atoms with Crippen LogP contribution in [0.3, 0.4) is 0 Å². The molecule has 13 heavy (non-hydrogen) atoms. The summed E-state index contributed by atoms with van der Waals surface area (Å²) in [7, 11) is 0. The average molecular weight is 172 g/mol. The fraction of sp³-hybridized carbons (Fsp3) is 0.111. The smallest absolute Gasteiger partial charge is 0.114 e. The van der Waals surface area contributed by atoms with E-state index < -0.39 is 0 Å². The summed E-state index contributed by atoms with van der Waals surface area (Å²) in [4.78, 5) is 11.6. The van der Waals surface area contributed by atoms with Gasteiger partial charge in [0.2, 0.25) is 0 Å². The molecule has 2 aromatic heterocycles. The minimum atomic E-state index is 0.800. The van der Waals surface area contributed by atoms with Gasteiger partial charge in [-0.3, -0.25) is 4.98 Å². The van der Waals surface area contributed by atoms with Gasteiger partial charge >= 0.3 is 0 Å². The van der Waals surface area contributed by atoms with Crippen molar-refractivity contribution in [2.75, 3.05) is 5.32 Å². The first-order valence-corrected chi connectivity index (χ1v) is 4.16. The Labute approximate surface area is 75.0 Å². The largest absolute Gasteiger partial charge is 0.378 e. The molecular formula is C9H8N4. The Hall–Kier alpha value is -1.84. The molecule has 0 spiro atoms. The van der Waals surface area contributed by atoms with Crippen molar-refractivity contribution in [1.29, 1.82) is 0 Å². The van der Waals surface area contributed by atoms with Crippen molar-refractivity contribution >= 4 is 5.69 Å². The Bertz CT molecular complexity index is 446. The third-order valence-corrected chi connectivity index (χ3v) is 2.21. The Balaban J connectivity index is 2.30. The SMILES string of the molecule is c1cnc2c(c1)NCc1[nH]cnc1-2. The Morgan fingerprint density at radius 3 is 3.23 bits per heavy atom. The second kappa shape index (κ2) is 2.32. The summed E-state index contributed by atoms with van der Waals surface area (Å²) in [5, 5.41) is 3.27. The van der Waals surface area contributed by atoms with Crippen molar-refractivity contribution < 1.29 is 0 Å². The number of hydrogen-bond acceptors (Lipinski definition) is 3. The predicted molar refractivity (Wildman–Crippen MR) is 49.1 cm³/mol. The van der Waals surface area contributed by atoms with Crippen LogP contribution in [0.2, 0.25) is 0 Å². The second-order valence-electron chi connectivity index (χ2n) is 2.98. The molecule has 0 atom stereocenters. The van der Waals surface area contributed by atoms with E-state index >= 15 is 0 Å². The van der Waals surface area contributed by atoms with Gasteiger partial charge in [0.25, 0.3) is 0 Å². The molecule has 0 saturated carbocycles. The van der Waals surface area contributed by atoms with E-state index in [1.807, 2.05) is 12.1 Å². The highest BCUT2D eigenvalue weighted by molar-refractivity contribution is 5.75. The number of imidazole rings is 1. The Morgan fingerprint density at radius 2 is 2.23 bits per heavy atom. The number of H-pyrrole nitrogens is 1. The first-order chi connectivity index (χ1) is 6.45. The van der Waals surface area contributed by atoms with E-state index in [1.54, 1.807) is 12.5 Å². The number of hydrogen-bond donors (Lipinski definition) is 2. The number of anilines is 1. The van der Waals surface area contributed by atoms with Crippen LogP contribution >= 0.6 is 0 Å². The van der Waals surface area contributed by atoms with Crippen LogP contribution in [0.4, 0.5) is 5.69 Å². The highest BCUT2D eigenvalue weighted by Gasteiger charge is 2.17. The molecule has 0 aromatic carbocycles. The molecule has 4 heteroatoms. The van der Waals surface area contributed by atoms with Crippen LogP contribution in [0.25, 0.3) is 11.4 Å². The van der Waals surface area contributed by atoms with Crippen molar-refractivity contribution in [3.05, 3.63) is 30.4 Å². The van der Waals surface area contributed by atoms with E-state index in [1.165, 1.54) is 0 Å². The van der Waals surface area contributed by atoms with E-state index in [0.717, 1.165) is 29.3 Å². The molecule has 0 amide bonds. The molecule has 0 fully saturated rings. The minimum Gasteiger partial charge on any atom is -0.378 e. The summed E-state index contributed by atoms with van der Waals surface area (Å²) in [6, 6.07) is 3.93. The second-order valence-corrected chi connectivity index (χ2v) is 2.98. The Kier molecular flexibility index (Phi) is 1.19. The first kappa shape index (κ1) is 6.65. The number of nitrogens with one attached hydrogen (secondary N) is 2.